The van der Waals surface area contributed by atoms with Crippen LogP contribution in [0.4, 0.5) is 0 Å². The van der Waals surface area contributed by atoms with E-state index in [4.69, 9.17) is 9.47 Å². The molecule has 3 unspecified atom stereocenters. The maximum atomic E-state index is 9.72. The molecule has 3 aliphatic rings. The van der Waals surface area contributed by atoms with Crippen molar-refractivity contribution >= 4 is 0 Å². The minimum atomic E-state index is 0.305. The van der Waals surface area contributed by atoms with E-state index >= 15 is 0 Å². The first-order chi connectivity index (χ1) is 13.3. The Morgan fingerprint density at radius 3 is 2.85 bits per heavy atom. The summed E-state index contributed by atoms with van der Waals surface area (Å²) in [6, 6.07) is 10.6. The van der Waals surface area contributed by atoms with Crippen LogP contribution >= 0.6 is 0 Å². The van der Waals surface area contributed by atoms with E-state index < -0.39 is 0 Å². The summed E-state index contributed by atoms with van der Waals surface area (Å²) < 4.78 is 11.5. The highest BCUT2D eigenvalue weighted by Crippen LogP contribution is 2.40. The molecule has 1 aromatic heterocycles. The molecular weight excluding hydrogens is 340 g/mol. The number of aliphatic hydroxyl groups excluding tert-OH is 1. The van der Waals surface area contributed by atoms with Gasteiger partial charge >= 0.3 is 0 Å². The molecule has 2 aromatic rings. The van der Waals surface area contributed by atoms with Crippen LogP contribution in [0.2, 0.25) is 0 Å². The van der Waals surface area contributed by atoms with E-state index in [0.717, 1.165) is 36.1 Å². The minimum Gasteiger partial charge on any atom is -0.493 e. The molecule has 0 spiro atoms. The van der Waals surface area contributed by atoms with Crippen molar-refractivity contribution in [2.45, 2.75) is 38.5 Å². The van der Waals surface area contributed by atoms with Crippen molar-refractivity contribution in [3.8, 4) is 11.5 Å². The minimum absolute atomic E-state index is 0.305. The topological polar surface area (TPSA) is 54.8 Å². The second-order valence-electron chi connectivity index (χ2n) is 7.75. The van der Waals surface area contributed by atoms with E-state index in [0.29, 0.717) is 25.2 Å². The molecule has 1 aliphatic carbocycles. The number of benzene rings is 1. The molecule has 144 valence electrons. The van der Waals surface area contributed by atoms with Gasteiger partial charge < -0.3 is 14.6 Å². The maximum absolute atomic E-state index is 9.72. The van der Waals surface area contributed by atoms with Crippen LogP contribution in [0.25, 0.3) is 0 Å². The molecule has 5 nitrogen and oxygen atoms in total. The van der Waals surface area contributed by atoms with E-state index in [1.54, 1.807) is 13.3 Å². The Morgan fingerprint density at radius 2 is 2.11 bits per heavy atom. The number of hydrogen-bond acceptors (Lipinski definition) is 5. The number of hydrogen-bond donors (Lipinski definition) is 1. The molecule has 5 heteroatoms. The van der Waals surface area contributed by atoms with E-state index in [9.17, 15) is 5.11 Å². The van der Waals surface area contributed by atoms with Crippen LogP contribution in [0.5, 0.6) is 11.5 Å². The predicted molar refractivity (Wildman–Crippen MR) is 104 cm³/mol. The van der Waals surface area contributed by atoms with Crippen molar-refractivity contribution in [3.05, 3.63) is 53.9 Å². The Morgan fingerprint density at radius 1 is 1.19 bits per heavy atom. The molecule has 2 saturated heterocycles. The zero-order valence-corrected chi connectivity index (χ0v) is 15.9. The van der Waals surface area contributed by atoms with Crippen molar-refractivity contribution < 1.29 is 14.6 Å². The van der Waals surface area contributed by atoms with Crippen molar-refractivity contribution in [3.63, 3.8) is 0 Å². The van der Waals surface area contributed by atoms with E-state index in [1.807, 2.05) is 24.4 Å². The number of aromatic nitrogens is 1. The molecule has 0 amide bonds. The molecule has 2 bridgehead atoms. The predicted octanol–water partition coefficient (Wildman–Crippen LogP) is 3.26. The van der Waals surface area contributed by atoms with Gasteiger partial charge in [-0.1, -0.05) is 12.1 Å². The van der Waals surface area contributed by atoms with Crippen LogP contribution in [0.3, 0.4) is 0 Å². The van der Waals surface area contributed by atoms with Gasteiger partial charge in [-0.25, -0.2) is 0 Å². The Hall–Kier alpha value is -2.11. The van der Waals surface area contributed by atoms with Crippen molar-refractivity contribution in [2.75, 3.05) is 20.3 Å². The quantitative estimate of drug-likeness (QED) is 0.813. The summed E-state index contributed by atoms with van der Waals surface area (Å²) in [6.07, 6.45) is 7.27. The van der Waals surface area contributed by atoms with Crippen molar-refractivity contribution in [1.29, 1.82) is 0 Å². The molecule has 1 N–H and O–H groups in total. The van der Waals surface area contributed by atoms with Crippen LogP contribution in [-0.2, 0) is 13.2 Å². The third kappa shape index (κ3) is 4.09. The number of pyridine rings is 1. The summed E-state index contributed by atoms with van der Waals surface area (Å²) in [7, 11) is 1.67. The molecule has 5 rings (SSSR count). The van der Waals surface area contributed by atoms with Crippen LogP contribution in [-0.4, -0.2) is 41.3 Å². The molecule has 3 fully saturated rings. The fraction of sp³-hybridized carbons (Fsp3) is 0.500. The summed E-state index contributed by atoms with van der Waals surface area (Å²) >= 11 is 0. The van der Waals surface area contributed by atoms with Crippen LogP contribution in [0, 0.1) is 11.8 Å². The van der Waals surface area contributed by atoms with Crippen LogP contribution in [0.1, 0.15) is 30.4 Å². The van der Waals surface area contributed by atoms with E-state index in [1.165, 1.54) is 24.8 Å². The number of ether oxygens (including phenoxy) is 2. The average Bonchev–Trinajstić information content (AvgIpc) is 2.73. The zero-order chi connectivity index (χ0) is 18.6. The Bertz CT molecular complexity index is 752. The van der Waals surface area contributed by atoms with Gasteiger partial charge in [0.2, 0.25) is 0 Å². The first-order valence-corrected chi connectivity index (χ1v) is 9.80. The second kappa shape index (κ2) is 8.28. The fourth-order valence-electron chi connectivity index (χ4n) is 4.65. The summed E-state index contributed by atoms with van der Waals surface area (Å²) in [5, 5.41) is 9.72. The SMILES string of the molecule is COc1ccc(CN2CC3CCC2C(CO)C3)cc1OCc1cccnc1. The van der Waals surface area contributed by atoms with Gasteiger partial charge in [0.15, 0.2) is 11.5 Å². The van der Waals surface area contributed by atoms with Gasteiger partial charge in [-0.05, 0) is 54.9 Å². The summed E-state index contributed by atoms with van der Waals surface area (Å²) in [4.78, 5) is 6.68. The summed E-state index contributed by atoms with van der Waals surface area (Å²) in [5.74, 6) is 2.67. The molecule has 0 radical (unpaired) electrons. The maximum Gasteiger partial charge on any atom is 0.161 e. The average molecular weight is 368 g/mol. The molecule has 2 aliphatic heterocycles. The normalized spacial score (nSPS) is 24.7. The van der Waals surface area contributed by atoms with Gasteiger partial charge in [0.1, 0.15) is 6.61 Å². The Labute approximate surface area is 160 Å². The highest BCUT2D eigenvalue weighted by atomic mass is 16.5. The van der Waals surface area contributed by atoms with E-state index in [2.05, 4.69) is 22.0 Å². The number of rotatable bonds is 7. The van der Waals surface area contributed by atoms with Crippen molar-refractivity contribution in [1.82, 2.24) is 9.88 Å². The number of aliphatic hydroxyl groups is 1. The smallest absolute Gasteiger partial charge is 0.161 e. The van der Waals surface area contributed by atoms with Crippen LogP contribution in [0.15, 0.2) is 42.7 Å². The standard InChI is InChI=1S/C22H28N2O3/c1-26-21-7-5-17(10-22(21)27-15-18-3-2-8-23-11-18)13-24-12-16-4-6-20(24)19(9-16)14-25/h2-3,5,7-8,10-11,16,19-20,25H,4,6,9,12-15H2,1H3. The number of methoxy groups -OCH3 is 1. The number of piperidine rings is 2. The highest BCUT2D eigenvalue weighted by Gasteiger charge is 2.40. The lowest BCUT2D eigenvalue weighted by atomic mass is 9.73. The molecule has 1 aromatic carbocycles. The highest BCUT2D eigenvalue weighted by molar-refractivity contribution is 5.43. The van der Waals surface area contributed by atoms with Gasteiger partial charge in [-0.2, -0.15) is 0 Å². The molecule has 3 atom stereocenters. The third-order valence-corrected chi connectivity index (χ3v) is 5.98. The molecule has 1 saturated carbocycles. The first-order valence-electron chi connectivity index (χ1n) is 9.80. The summed E-state index contributed by atoms with van der Waals surface area (Å²) in [5.41, 5.74) is 2.25. The second-order valence-corrected chi connectivity index (χ2v) is 7.75. The molecular formula is C22H28N2O3. The molecule has 3 heterocycles. The molecule has 27 heavy (non-hydrogen) atoms. The Kier molecular flexibility index (Phi) is 5.60. The van der Waals surface area contributed by atoms with Gasteiger partial charge in [0.25, 0.3) is 0 Å². The summed E-state index contributed by atoms with van der Waals surface area (Å²) in [6.45, 7) is 2.80. The Balaban J connectivity index is 1.47. The first kappa shape index (κ1) is 18.3. The van der Waals surface area contributed by atoms with E-state index in [-0.39, 0.29) is 0 Å². The van der Waals surface area contributed by atoms with Crippen LogP contribution < -0.4 is 9.47 Å². The van der Waals surface area contributed by atoms with Gasteiger partial charge in [-0.15, -0.1) is 0 Å². The largest absolute Gasteiger partial charge is 0.493 e. The fourth-order valence-corrected chi connectivity index (χ4v) is 4.65. The zero-order valence-electron chi connectivity index (χ0n) is 15.9. The van der Waals surface area contributed by atoms with Gasteiger partial charge in [0.05, 0.1) is 7.11 Å². The lowest BCUT2D eigenvalue weighted by molar-refractivity contribution is -0.0251. The monoisotopic (exact) mass is 368 g/mol. The van der Waals surface area contributed by atoms with Gasteiger partial charge in [0, 0.05) is 43.7 Å². The van der Waals surface area contributed by atoms with Gasteiger partial charge in [-0.3, -0.25) is 9.88 Å². The number of fused-ring (bicyclic) bond motifs is 3. The lowest BCUT2D eigenvalue weighted by Crippen LogP contribution is -2.53. The lowest BCUT2D eigenvalue weighted by Gasteiger charge is -2.49. The number of nitrogens with zero attached hydrogens (tertiary/aromatic N) is 2. The van der Waals surface area contributed by atoms with Crippen molar-refractivity contribution in [2.24, 2.45) is 11.8 Å². The third-order valence-electron chi connectivity index (χ3n) is 5.98.